The minimum Gasteiger partial charge on any atom is -0.372 e. The second-order valence-electron chi connectivity index (χ2n) is 3.89. The predicted octanol–water partition coefficient (Wildman–Crippen LogP) is 0.787. The number of hydrogen-bond donors (Lipinski definition) is 2. The molecule has 2 aromatic rings. The van der Waals surface area contributed by atoms with Gasteiger partial charge < -0.3 is 15.2 Å². The van der Waals surface area contributed by atoms with Crippen LogP contribution < -0.4 is 10.6 Å². The van der Waals surface area contributed by atoms with Crippen molar-refractivity contribution in [3.8, 4) is 0 Å². The van der Waals surface area contributed by atoms with E-state index in [0.29, 0.717) is 36.1 Å². The van der Waals surface area contributed by atoms with E-state index in [9.17, 15) is 4.79 Å². The number of nitrogens with one attached hydrogen (secondary N) is 2. The molecule has 0 bridgehead atoms. The summed E-state index contributed by atoms with van der Waals surface area (Å²) in [5.74, 6) is 1.46. The molecular weight excluding hydrogens is 246 g/mol. The van der Waals surface area contributed by atoms with Gasteiger partial charge in [0.2, 0.25) is 5.89 Å². The summed E-state index contributed by atoms with van der Waals surface area (Å²) < 4.78 is 4.96. The third-order valence-electron chi connectivity index (χ3n) is 2.48. The fourth-order valence-electron chi connectivity index (χ4n) is 1.61. The van der Waals surface area contributed by atoms with Crippen molar-refractivity contribution >= 4 is 11.7 Å². The lowest BCUT2D eigenvalue weighted by Gasteiger charge is -2.07. The average molecular weight is 261 g/mol. The van der Waals surface area contributed by atoms with Gasteiger partial charge >= 0.3 is 0 Å². The summed E-state index contributed by atoms with van der Waals surface area (Å²) in [6.45, 7) is 2.18. The maximum Gasteiger partial charge on any atom is 0.255 e. The molecule has 100 valence electrons. The zero-order valence-electron chi connectivity index (χ0n) is 10.8. The van der Waals surface area contributed by atoms with Crippen molar-refractivity contribution in [3.63, 3.8) is 0 Å². The largest absolute Gasteiger partial charge is 0.372 e. The molecule has 2 N–H and O–H groups in total. The van der Waals surface area contributed by atoms with Gasteiger partial charge in [-0.3, -0.25) is 4.79 Å². The van der Waals surface area contributed by atoms with Gasteiger partial charge in [-0.2, -0.15) is 4.98 Å². The Labute approximate surface area is 110 Å². The first kappa shape index (κ1) is 13.0. The number of anilines is 1. The number of pyridine rings is 1. The Balaban J connectivity index is 1.90. The highest BCUT2D eigenvalue weighted by Gasteiger charge is 2.11. The Hall–Kier alpha value is -2.44. The van der Waals surface area contributed by atoms with Crippen LogP contribution >= 0.6 is 0 Å². The second kappa shape index (κ2) is 5.94. The molecule has 7 nitrogen and oxygen atoms in total. The van der Waals surface area contributed by atoms with Gasteiger partial charge in [-0.05, 0) is 19.1 Å². The van der Waals surface area contributed by atoms with Gasteiger partial charge in [0.1, 0.15) is 5.82 Å². The minimum atomic E-state index is -0.186. The van der Waals surface area contributed by atoms with Crippen LogP contribution in [0.3, 0.4) is 0 Å². The highest BCUT2D eigenvalue weighted by Crippen LogP contribution is 2.09. The van der Waals surface area contributed by atoms with Gasteiger partial charge in [-0.25, -0.2) is 4.98 Å². The molecular formula is C12H15N5O2. The fourth-order valence-corrected chi connectivity index (χ4v) is 1.61. The summed E-state index contributed by atoms with van der Waals surface area (Å²) in [5, 5.41) is 9.34. The van der Waals surface area contributed by atoms with Gasteiger partial charge in [0.15, 0.2) is 5.82 Å². The Morgan fingerprint density at radius 3 is 3.00 bits per heavy atom. The van der Waals surface area contributed by atoms with E-state index in [4.69, 9.17) is 4.52 Å². The van der Waals surface area contributed by atoms with Crippen molar-refractivity contribution in [3.05, 3.63) is 35.6 Å². The summed E-state index contributed by atoms with van der Waals surface area (Å²) in [6, 6.07) is 3.43. The normalized spacial score (nSPS) is 10.2. The van der Waals surface area contributed by atoms with Crippen LogP contribution in [0, 0.1) is 6.92 Å². The van der Waals surface area contributed by atoms with Crippen LogP contribution in [0.15, 0.2) is 22.9 Å². The highest BCUT2D eigenvalue weighted by atomic mass is 16.5. The Morgan fingerprint density at radius 2 is 2.32 bits per heavy atom. The molecule has 0 fully saturated rings. The monoisotopic (exact) mass is 261 g/mol. The molecule has 0 saturated carbocycles. The van der Waals surface area contributed by atoms with Crippen LogP contribution in [0.2, 0.25) is 0 Å². The molecule has 0 aliphatic carbocycles. The first-order chi connectivity index (χ1) is 9.20. The van der Waals surface area contributed by atoms with Crippen molar-refractivity contribution in [2.45, 2.75) is 13.3 Å². The topological polar surface area (TPSA) is 92.9 Å². The molecule has 7 heteroatoms. The molecule has 19 heavy (non-hydrogen) atoms. The van der Waals surface area contributed by atoms with Gasteiger partial charge in [0.25, 0.3) is 5.91 Å². The van der Waals surface area contributed by atoms with E-state index in [1.165, 1.54) is 0 Å². The number of aromatic nitrogens is 3. The Kier molecular flexibility index (Phi) is 4.07. The lowest BCUT2D eigenvalue weighted by Crippen LogP contribution is -2.26. The predicted molar refractivity (Wildman–Crippen MR) is 68.9 cm³/mol. The number of nitrogens with zero attached hydrogens (tertiary/aromatic N) is 3. The molecule has 0 aromatic carbocycles. The zero-order valence-corrected chi connectivity index (χ0v) is 10.8. The minimum absolute atomic E-state index is 0.186. The number of carbonyl (C=O) groups excluding carboxylic acids is 1. The average Bonchev–Trinajstić information content (AvgIpc) is 2.84. The van der Waals surface area contributed by atoms with E-state index >= 15 is 0 Å². The molecule has 0 atom stereocenters. The SMILES string of the molecule is CNc1ncccc1C(=O)NCCc1nc(C)no1. The van der Waals surface area contributed by atoms with Crippen LogP contribution in [-0.4, -0.2) is 34.6 Å². The van der Waals surface area contributed by atoms with Crippen LogP contribution in [0.1, 0.15) is 22.1 Å². The summed E-state index contributed by atoms with van der Waals surface area (Å²) >= 11 is 0. The van der Waals surface area contributed by atoms with Crippen LogP contribution in [0.4, 0.5) is 5.82 Å². The Bertz CT molecular complexity index is 567. The van der Waals surface area contributed by atoms with Crippen LogP contribution in [-0.2, 0) is 6.42 Å². The molecule has 1 amide bonds. The molecule has 0 radical (unpaired) electrons. The van der Waals surface area contributed by atoms with Gasteiger partial charge in [-0.1, -0.05) is 5.16 Å². The summed E-state index contributed by atoms with van der Waals surface area (Å²) in [5.41, 5.74) is 0.506. The van der Waals surface area contributed by atoms with E-state index in [1.807, 2.05) is 0 Å². The maximum absolute atomic E-state index is 12.0. The first-order valence-electron chi connectivity index (χ1n) is 5.91. The zero-order chi connectivity index (χ0) is 13.7. The lowest BCUT2D eigenvalue weighted by molar-refractivity contribution is 0.0954. The molecule has 0 aliphatic heterocycles. The third-order valence-corrected chi connectivity index (χ3v) is 2.48. The molecule has 2 rings (SSSR count). The van der Waals surface area contributed by atoms with E-state index < -0.39 is 0 Å². The van der Waals surface area contributed by atoms with Crippen LogP contribution in [0.25, 0.3) is 0 Å². The smallest absolute Gasteiger partial charge is 0.255 e. The summed E-state index contributed by atoms with van der Waals surface area (Å²) in [6.07, 6.45) is 2.13. The molecule has 0 spiro atoms. The lowest BCUT2D eigenvalue weighted by atomic mass is 10.2. The van der Waals surface area contributed by atoms with E-state index in [-0.39, 0.29) is 5.91 Å². The van der Waals surface area contributed by atoms with Crippen molar-refractivity contribution in [2.24, 2.45) is 0 Å². The molecule has 2 heterocycles. The van der Waals surface area contributed by atoms with Gasteiger partial charge in [0, 0.05) is 26.2 Å². The van der Waals surface area contributed by atoms with Crippen molar-refractivity contribution in [1.82, 2.24) is 20.4 Å². The molecule has 0 saturated heterocycles. The Morgan fingerprint density at radius 1 is 1.47 bits per heavy atom. The number of hydrogen-bond acceptors (Lipinski definition) is 6. The standard InChI is InChI=1S/C12H15N5O2/c1-8-16-10(19-17-8)5-7-15-12(18)9-4-3-6-14-11(9)13-2/h3-4,6H,5,7H2,1-2H3,(H,13,14)(H,15,18). The molecule has 0 unspecified atom stereocenters. The quantitative estimate of drug-likeness (QED) is 0.826. The number of amides is 1. The number of carbonyl (C=O) groups is 1. The van der Waals surface area contributed by atoms with Gasteiger partial charge in [0.05, 0.1) is 5.56 Å². The first-order valence-corrected chi connectivity index (χ1v) is 5.91. The molecule has 2 aromatic heterocycles. The van der Waals surface area contributed by atoms with Crippen molar-refractivity contribution in [1.29, 1.82) is 0 Å². The van der Waals surface area contributed by atoms with Crippen molar-refractivity contribution < 1.29 is 9.32 Å². The number of aryl methyl sites for hydroxylation is 1. The third kappa shape index (κ3) is 3.27. The summed E-state index contributed by atoms with van der Waals surface area (Å²) in [4.78, 5) is 20.1. The van der Waals surface area contributed by atoms with Gasteiger partial charge in [-0.15, -0.1) is 0 Å². The molecule has 0 aliphatic rings. The fraction of sp³-hybridized carbons (Fsp3) is 0.333. The second-order valence-corrected chi connectivity index (χ2v) is 3.89. The number of rotatable bonds is 5. The van der Waals surface area contributed by atoms with E-state index in [2.05, 4.69) is 25.8 Å². The van der Waals surface area contributed by atoms with Crippen molar-refractivity contribution in [2.75, 3.05) is 18.9 Å². The van der Waals surface area contributed by atoms with E-state index in [1.54, 1.807) is 32.3 Å². The van der Waals surface area contributed by atoms with Crippen LogP contribution in [0.5, 0.6) is 0 Å². The maximum atomic E-state index is 12.0. The van der Waals surface area contributed by atoms with E-state index in [0.717, 1.165) is 0 Å². The highest BCUT2D eigenvalue weighted by molar-refractivity contribution is 5.98. The summed E-state index contributed by atoms with van der Waals surface area (Å²) in [7, 11) is 1.72.